The van der Waals surface area contributed by atoms with Gasteiger partial charge in [0, 0.05) is 20.2 Å². The number of rotatable bonds is 7. The second-order valence-corrected chi connectivity index (χ2v) is 7.63. The number of nitrogens with one attached hydrogen (secondary N) is 2. The molecule has 1 atom stereocenters. The van der Waals surface area contributed by atoms with E-state index in [1.54, 1.807) is 7.11 Å². The van der Waals surface area contributed by atoms with Gasteiger partial charge in [-0.05, 0) is 43.6 Å². The monoisotopic (exact) mass is 296 g/mol. The summed E-state index contributed by atoms with van der Waals surface area (Å²) in [6.07, 6.45) is 7.26. The van der Waals surface area contributed by atoms with Crippen LogP contribution in [0.1, 0.15) is 52.4 Å². The molecule has 4 heteroatoms. The van der Waals surface area contributed by atoms with Gasteiger partial charge in [-0.25, -0.2) is 0 Å². The summed E-state index contributed by atoms with van der Waals surface area (Å²) in [5, 5.41) is 6.59. The lowest BCUT2D eigenvalue weighted by atomic mass is 9.78. The summed E-state index contributed by atoms with van der Waals surface area (Å²) >= 11 is 0. The standard InChI is InChI=1S/C17H32N2O2/c1-14(2)10-16(6-4-5-7-16)11-19-15(20)17(13-21-3)8-9-18-12-17/h14,18H,4-13H2,1-3H3,(H,19,20). The predicted octanol–water partition coefficient (Wildman–Crippen LogP) is 2.34. The Kier molecular flexibility index (Phi) is 5.67. The Balaban J connectivity index is 1.95. The molecule has 1 heterocycles. The molecule has 1 aliphatic heterocycles. The van der Waals surface area contributed by atoms with Gasteiger partial charge in [0.25, 0.3) is 0 Å². The number of amides is 1. The van der Waals surface area contributed by atoms with E-state index >= 15 is 0 Å². The molecule has 0 aromatic rings. The summed E-state index contributed by atoms with van der Waals surface area (Å²) in [5.74, 6) is 0.880. The maximum absolute atomic E-state index is 12.7. The van der Waals surface area contributed by atoms with Crippen molar-refractivity contribution in [3.8, 4) is 0 Å². The number of ether oxygens (including phenoxy) is 1. The van der Waals surface area contributed by atoms with E-state index in [0.29, 0.717) is 17.9 Å². The van der Waals surface area contributed by atoms with Gasteiger partial charge in [0.2, 0.25) is 5.91 Å². The van der Waals surface area contributed by atoms with Gasteiger partial charge in [-0.1, -0.05) is 26.7 Å². The Morgan fingerprint density at radius 3 is 2.52 bits per heavy atom. The SMILES string of the molecule is COCC1(C(=O)NCC2(CC(C)C)CCCC2)CCNC1. The smallest absolute Gasteiger partial charge is 0.229 e. The Morgan fingerprint density at radius 1 is 1.29 bits per heavy atom. The molecule has 1 aliphatic carbocycles. The first-order chi connectivity index (χ1) is 10.0. The van der Waals surface area contributed by atoms with Gasteiger partial charge < -0.3 is 15.4 Å². The number of carbonyl (C=O) groups excluding carboxylic acids is 1. The fraction of sp³-hybridized carbons (Fsp3) is 0.941. The number of hydrogen-bond donors (Lipinski definition) is 2. The molecule has 2 rings (SSSR count). The molecule has 0 spiro atoms. The molecule has 21 heavy (non-hydrogen) atoms. The van der Waals surface area contributed by atoms with Crippen LogP contribution in [0.3, 0.4) is 0 Å². The van der Waals surface area contributed by atoms with Gasteiger partial charge in [-0.2, -0.15) is 0 Å². The van der Waals surface area contributed by atoms with Crippen molar-refractivity contribution in [2.24, 2.45) is 16.7 Å². The van der Waals surface area contributed by atoms with Crippen LogP contribution < -0.4 is 10.6 Å². The van der Waals surface area contributed by atoms with Gasteiger partial charge in [0.15, 0.2) is 0 Å². The van der Waals surface area contributed by atoms with Crippen molar-refractivity contribution >= 4 is 5.91 Å². The minimum Gasteiger partial charge on any atom is -0.384 e. The highest BCUT2D eigenvalue weighted by molar-refractivity contribution is 5.83. The third kappa shape index (κ3) is 3.98. The molecule has 2 fully saturated rings. The Hall–Kier alpha value is -0.610. The zero-order chi connectivity index (χ0) is 15.3. The lowest BCUT2D eigenvalue weighted by molar-refractivity contribution is -0.133. The lowest BCUT2D eigenvalue weighted by Gasteiger charge is -2.33. The van der Waals surface area contributed by atoms with E-state index in [1.165, 1.54) is 32.1 Å². The molecular formula is C17H32N2O2. The van der Waals surface area contributed by atoms with Gasteiger partial charge in [0.1, 0.15) is 0 Å². The zero-order valence-electron chi connectivity index (χ0n) is 14.0. The third-order valence-electron chi connectivity index (χ3n) is 5.28. The van der Waals surface area contributed by atoms with E-state index in [1.807, 2.05) is 0 Å². The van der Waals surface area contributed by atoms with Crippen LogP contribution in [0.15, 0.2) is 0 Å². The van der Waals surface area contributed by atoms with E-state index in [9.17, 15) is 4.79 Å². The quantitative estimate of drug-likeness (QED) is 0.758. The first kappa shape index (κ1) is 16.8. The third-order valence-corrected chi connectivity index (χ3v) is 5.28. The van der Waals surface area contributed by atoms with Crippen molar-refractivity contribution in [3.05, 3.63) is 0 Å². The summed E-state index contributed by atoms with van der Waals surface area (Å²) in [5.41, 5.74) is -0.0174. The minimum absolute atomic E-state index is 0.185. The van der Waals surface area contributed by atoms with Crippen LogP contribution in [0.25, 0.3) is 0 Å². The van der Waals surface area contributed by atoms with Crippen molar-refractivity contribution in [1.82, 2.24) is 10.6 Å². The maximum Gasteiger partial charge on any atom is 0.229 e. The summed E-state index contributed by atoms with van der Waals surface area (Å²) < 4.78 is 5.31. The summed E-state index contributed by atoms with van der Waals surface area (Å²) in [7, 11) is 1.69. The van der Waals surface area contributed by atoms with Crippen LogP contribution in [0.2, 0.25) is 0 Å². The Bertz CT molecular complexity index is 343. The molecule has 0 aromatic heterocycles. The average Bonchev–Trinajstić information content (AvgIpc) is 3.07. The highest BCUT2D eigenvalue weighted by atomic mass is 16.5. The average molecular weight is 296 g/mol. The summed E-state index contributed by atoms with van der Waals surface area (Å²) in [4.78, 5) is 12.7. The molecule has 1 saturated heterocycles. The first-order valence-corrected chi connectivity index (χ1v) is 8.50. The molecule has 1 amide bonds. The Morgan fingerprint density at radius 2 is 2.00 bits per heavy atom. The summed E-state index contributed by atoms with van der Waals surface area (Å²) in [6, 6.07) is 0. The van der Waals surface area contributed by atoms with Gasteiger partial charge in [0.05, 0.1) is 12.0 Å². The van der Waals surface area contributed by atoms with Crippen LogP contribution in [-0.4, -0.2) is 39.3 Å². The zero-order valence-corrected chi connectivity index (χ0v) is 14.0. The van der Waals surface area contributed by atoms with Crippen LogP contribution in [0, 0.1) is 16.7 Å². The van der Waals surface area contributed by atoms with Crippen LogP contribution in [0.4, 0.5) is 0 Å². The topological polar surface area (TPSA) is 50.4 Å². The molecule has 1 saturated carbocycles. The number of carbonyl (C=O) groups is 1. The van der Waals surface area contributed by atoms with Crippen molar-refractivity contribution in [1.29, 1.82) is 0 Å². The molecule has 0 aromatic carbocycles. The van der Waals surface area contributed by atoms with Crippen molar-refractivity contribution < 1.29 is 9.53 Å². The molecule has 0 bridgehead atoms. The molecule has 2 aliphatic rings. The molecule has 4 nitrogen and oxygen atoms in total. The molecular weight excluding hydrogens is 264 g/mol. The van der Waals surface area contributed by atoms with Crippen LogP contribution in [-0.2, 0) is 9.53 Å². The van der Waals surface area contributed by atoms with Crippen molar-refractivity contribution in [3.63, 3.8) is 0 Å². The van der Waals surface area contributed by atoms with E-state index < -0.39 is 0 Å². The fourth-order valence-electron chi connectivity index (χ4n) is 4.30. The van der Waals surface area contributed by atoms with E-state index in [2.05, 4.69) is 24.5 Å². The molecule has 2 N–H and O–H groups in total. The van der Waals surface area contributed by atoms with Crippen LogP contribution >= 0.6 is 0 Å². The second kappa shape index (κ2) is 7.10. The van der Waals surface area contributed by atoms with Crippen molar-refractivity contribution in [2.45, 2.75) is 52.4 Å². The van der Waals surface area contributed by atoms with Gasteiger partial charge in [-0.15, -0.1) is 0 Å². The second-order valence-electron chi connectivity index (χ2n) is 7.63. The lowest BCUT2D eigenvalue weighted by Crippen LogP contribution is -2.48. The fourth-order valence-corrected chi connectivity index (χ4v) is 4.30. The number of methoxy groups -OCH3 is 1. The van der Waals surface area contributed by atoms with Crippen molar-refractivity contribution in [2.75, 3.05) is 33.4 Å². The van der Waals surface area contributed by atoms with Crippen LogP contribution in [0.5, 0.6) is 0 Å². The molecule has 1 unspecified atom stereocenters. The largest absolute Gasteiger partial charge is 0.384 e. The predicted molar refractivity (Wildman–Crippen MR) is 85.2 cm³/mol. The Labute approximate surface area is 129 Å². The maximum atomic E-state index is 12.7. The van der Waals surface area contributed by atoms with E-state index in [4.69, 9.17) is 4.74 Å². The molecule has 122 valence electrons. The highest BCUT2D eigenvalue weighted by Crippen LogP contribution is 2.42. The van der Waals surface area contributed by atoms with E-state index in [0.717, 1.165) is 26.1 Å². The highest BCUT2D eigenvalue weighted by Gasteiger charge is 2.43. The first-order valence-electron chi connectivity index (χ1n) is 8.50. The van der Waals surface area contributed by atoms with Gasteiger partial charge in [-0.3, -0.25) is 4.79 Å². The normalized spacial score (nSPS) is 28.2. The number of hydrogen-bond acceptors (Lipinski definition) is 3. The molecule has 0 radical (unpaired) electrons. The minimum atomic E-state index is -0.355. The van der Waals surface area contributed by atoms with E-state index in [-0.39, 0.29) is 11.3 Å². The summed E-state index contributed by atoms with van der Waals surface area (Å²) in [6.45, 7) is 7.58. The van der Waals surface area contributed by atoms with Gasteiger partial charge >= 0.3 is 0 Å².